The maximum atomic E-state index is 10.9. The molecule has 0 radical (unpaired) electrons. The van der Waals surface area contributed by atoms with Gasteiger partial charge in [0.15, 0.2) is 0 Å². The van der Waals surface area contributed by atoms with Crippen LogP contribution < -0.4 is 5.32 Å². The van der Waals surface area contributed by atoms with Crippen molar-refractivity contribution in [1.29, 1.82) is 0 Å². The number of rotatable bonds is 4. The predicted octanol–water partition coefficient (Wildman–Crippen LogP) is 3.21. The Kier molecular flexibility index (Phi) is 7.94. The van der Waals surface area contributed by atoms with Crippen molar-refractivity contribution in [3.05, 3.63) is 29.8 Å². The fourth-order valence-electron chi connectivity index (χ4n) is 1.03. The summed E-state index contributed by atoms with van der Waals surface area (Å²) >= 11 is 0. The summed E-state index contributed by atoms with van der Waals surface area (Å²) in [5.74, 6) is -0.164. The molecule has 0 aliphatic rings. The summed E-state index contributed by atoms with van der Waals surface area (Å²) in [6.45, 7) is 6.14. The fraction of sp³-hybridized carbons (Fsp3) is 0.462. The minimum atomic E-state index is -0.164. The summed E-state index contributed by atoms with van der Waals surface area (Å²) in [7, 11) is 1.87. The second-order valence-corrected chi connectivity index (χ2v) is 2.96. The van der Waals surface area contributed by atoms with Crippen LogP contribution >= 0.6 is 0 Å². The zero-order chi connectivity index (χ0) is 12.4. The zero-order valence-electron chi connectivity index (χ0n) is 10.5. The minimum Gasteiger partial charge on any atom is -0.461 e. The molecular formula is C13H21NO2. The number of esters is 1. The summed E-state index contributed by atoms with van der Waals surface area (Å²) in [4.78, 5) is 10.9. The number of carbonyl (C=O) groups excluding carboxylic acids is 1. The Balaban J connectivity index is 0.00000106. The van der Waals surface area contributed by atoms with Crippen molar-refractivity contribution >= 4 is 11.7 Å². The van der Waals surface area contributed by atoms with Gasteiger partial charge in [-0.05, 0) is 17.7 Å². The van der Waals surface area contributed by atoms with Gasteiger partial charge >= 0.3 is 5.97 Å². The highest BCUT2D eigenvalue weighted by Gasteiger charge is 1.99. The molecule has 0 heterocycles. The van der Waals surface area contributed by atoms with E-state index in [1.165, 1.54) is 0 Å². The summed E-state index contributed by atoms with van der Waals surface area (Å²) in [6, 6.07) is 7.79. The van der Waals surface area contributed by atoms with Crippen LogP contribution in [-0.4, -0.2) is 13.0 Å². The monoisotopic (exact) mass is 223 g/mol. The number of hydrogen-bond donors (Lipinski definition) is 1. The third-order valence-electron chi connectivity index (χ3n) is 1.93. The van der Waals surface area contributed by atoms with Gasteiger partial charge in [0, 0.05) is 19.2 Å². The summed E-state index contributed by atoms with van der Waals surface area (Å²) < 4.78 is 4.99. The maximum Gasteiger partial charge on any atom is 0.305 e. The Morgan fingerprint density at radius 1 is 1.25 bits per heavy atom. The molecule has 0 saturated heterocycles. The van der Waals surface area contributed by atoms with Gasteiger partial charge in [-0.1, -0.05) is 32.9 Å². The van der Waals surface area contributed by atoms with Gasteiger partial charge in [0.2, 0.25) is 0 Å². The lowest BCUT2D eigenvalue weighted by Gasteiger charge is -2.04. The molecule has 0 unspecified atom stereocenters. The van der Waals surface area contributed by atoms with Gasteiger partial charge in [-0.15, -0.1) is 0 Å². The summed E-state index contributed by atoms with van der Waals surface area (Å²) in [5.41, 5.74) is 2.06. The quantitative estimate of drug-likeness (QED) is 0.796. The first-order chi connectivity index (χ1) is 7.76. The second-order valence-electron chi connectivity index (χ2n) is 2.96. The molecule has 0 aliphatic carbocycles. The highest BCUT2D eigenvalue weighted by Crippen LogP contribution is 2.09. The first kappa shape index (κ1) is 14.5. The van der Waals surface area contributed by atoms with Crippen molar-refractivity contribution in [1.82, 2.24) is 0 Å². The summed E-state index contributed by atoms with van der Waals surface area (Å²) in [6.07, 6.45) is 0.425. The Morgan fingerprint density at radius 2 is 1.81 bits per heavy atom. The van der Waals surface area contributed by atoms with Crippen LogP contribution in [0.2, 0.25) is 0 Å². The lowest BCUT2D eigenvalue weighted by Crippen LogP contribution is -2.02. The SMILES string of the molecule is CC.CCC(=O)OCc1ccc(NC)cc1. The molecule has 0 spiro atoms. The Labute approximate surface area is 97.8 Å². The van der Waals surface area contributed by atoms with E-state index in [1.54, 1.807) is 6.92 Å². The Morgan fingerprint density at radius 3 is 2.25 bits per heavy atom. The van der Waals surface area contributed by atoms with Crippen molar-refractivity contribution in [2.75, 3.05) is 12.4 Å². The Bertz CT molecular complexity index is 293. The van der Waals surface area contributed by atoms with Gasteiger partial charge in [0.1, 0.15) is 6.61 Å². The van der Waals surface area contributed by atoms with E-state index >= 15 is 0 Å². The van der Waals surface area contributed by atoms with E-state index in [2.05, 4.69) is 5.32 Å². The molecule has 1 aromatic rings. The molecule has 0 fully saturated rings. The van der Waals surface area contributed by atoms with Crippen molar-refractivity contribution < 1.29 is 9.53 Å². The number of nitrogens with one attached hydrogen (secondary N) is 1. The van der Waals surface area contributed by atoms with Gasteiger partial charge in [-0.3, -0.25) is 4.79 Å². The first-order valence-electron chi connectivity index (χ1n) is 5.68. The lowest BCUT2D eigenvalue weighted by atomic mass is 10.2. The average molecular weight is 223 g/mol. The largest absolute Gasteiger partial charge is 0.461 e. The summed E-state index contributed by atoms with van der Waals surface area (Å²) in [5, 5.41) is 3.02. The molecule has 0 bridgehead atoms. The van der Waals surface area contributed by atoms with E-state index in [9.17, 15) is 4.79 Å². The number of benzene rings is 1. The van der Waals surface area contributed by atoms with Crippen LogP contribution in [-0.2, 0) is 16.1 Å². The smallest absolute Gasteiger partial charge is 0.305 e. The second kappa shape index (κ2) is 8.77. The van der Waals surface area contributed by atoms with E-state index in [0.717, 1.165) is 11.3 Å². The van der Waals surface area contributed by atoms with Gasteiger partial charge < -0.3 is 10.1 Å². The van der Waals surface area contributed by atoms with E-state index in [4.69, 9.17) is 4.74 Å². The van der Waals surface area contributed by atoms with Crippen molar-refractivity contribution in [3.63, 3.8) is 0 Å². The molecule has 0 saturated carbocycles. The van der Waals surface area contributed by atoms with Crippen LogP contribution in [0.5, 0.6) is 0 Å². The van der Waals surface area contributed by atoms with Crippen LogP contribution in [0.25, 0.3) is 0 Å². The lowest BCUT2D eigenvalue weighted by molar-refractivity contribution is -0.144. The van der Waals surface area contributed by atoms with Crippen LogP contribution in [0.1, 0.15) is 32.8 Å². The molecule has 1 N–H and O–H groups in total. The fourth-order valence-corrected chi connectivity index (χ4v) is 1.03. The van der Waals surface area contributed by atoms with E-state index in [1.807, 2.05) is 45.2 Å². The van der Waals surface area contributed by atoms with Crippen LogP contribution in [0.4, 0.5) is 5.69 Å². The third kappa shape index (κ3) is 5.39. The van der Waals surface area contributed by atoms with Crippen molar-refractivity contribution in [2.24, 2.45) is 0 Å². The molecule has 0 amide bonds. The number of anilines is 1. The van der Waals surface area contributed by atoms with E-state index < -0.39 is 0 Å². The van der Waals surface area contributed by atoms with Crippen LogP contribution in [0.3, 0.4) is 0 Å². The molecule has 90 valence electrons. The third-order valence-corrected chi connectivity index (χ3v) is 1.93. The predicted molar refractivity (Wildman–Crippen MR) is 67.4 cm³/mol. The molecular weight excluding hydrogens is 202 g/mol. The number of carbonyl (C=O) groups is 1. The van der Waals surface area contributed by atoms with Crippen LogP contribution in [0, 0.1) is 0 Å². The van der Waals surface area contributed by atoms with Gasteiger partial charge in [0.25, 0.3) is 0 Å². The van der Waals surface area contributed by atoms with E-state index in [-0.39, 0.29) is 5.97 Å². The number of ether oxygens (including phenoxy) is 1. The first-order valence-corrected chi connectivity index (χ1v) is 5.68. The molecule has 3 heteroatoms. The normalized spacial score (nSPS) is 8.75. The molecule has 3 nitrogen and oxygen atoms in total. The van der Waals surface area contributed by atoms with Gasteiger partial charge in [-0.25, -0.2) is 0 Å². The Hall–Kier alpha value is -1.51. The molecule has 0 aromatic heterocycles. The van der Waals surface area contributed by atoms with Gasteiger partial charge in [0.05, 0.1) is 0 Å². The highest BCUT2D eigenvalue weighted by molar-refractivity contribution is 5.68. The highest BCUT2D eigenvalue weighted by atomic mass is 16.5. The molecule has 1 aromatic carbocycles. The van der Waals surface area contributed by atoms with Crippen LogP contribution in [0.15, 0.2) is 24.3 Å². The van der Waals surface area contributed by atoms with Crippen molar-refractivity contribution in [2.45, 2.75) is 33.8 Å². The van der Waals surface area contributed by atoms with Gasteiger partial charge in [-0.2, -0.15) is 0 Å². The molecule has 1 rings (SSSR count). The number of hydrogen-bond acceptors (Lipinski definition) is 3. The van der Waals surface area contributed by atoms with E-state index in [0.29, 0.717) is 13.0 Å². The molecule has 0 atom stereocenters. The molecule has 0 aliphatic heterocycles. The topological polar surface area (TPSA) is 38.3 Å². The molecule has 16 heavy (non-hydrogen) atoms. The zero-order valence-corrected chi connectivity index (χ0v) is 10.5. The standard InChI is InChI=1S/C11H15NO2.C2H6/c1-3-11(13)14-8-9-4-6-10(12-2)7-5-9;1-2/h4-7,12H,3,8H2,1-2H3;1-2H3. The van der Waals surface area contributed by atoms with Crippen molar-refractivity contribution in [3.8, 4) is 0 Å². The average Bonchev–Trinajstić information content (AvgIpc) is 2.38. The maximum absolute atomic E-state index is 10.9. The minimum absolute atomic E-state index is 0.164.